The first-order valence-corrected chi connectivity index (χ1v) is 6.88. The zero-order valence-electron chi connectivity index (χ0n) is 10.6. The van der Waals surface area contributed by atoms with Crippen LogP contribution in [0.1, 0.15) is 43.9 Å². The van der Waals surface area contributed by atoms with Gasteiger partial charge in [0.05, 0.1) is 0 Å². The van der Waals surface area contributed by atoms with Gasteiger partial charge in [0.15, 0.2) is 5.82 Å². The minimum absolute atomic E-state index is 0.339. The van der Waals surface area contributed by atoms with Crippen molar-refractivity contribution in [2.45, 2.75) is 39.5 Å². The van der Waals surface area contributed by atoms with Crippen LogP contribution < -0.4 is 5.73 Å². The molecule has 2 N–H and O–H groups in total. The van der Waals surface area contributed by atoms with Gasteiger partial charge in [0.2, 0.25) is 4.96 Å². The van der Waals surface area contributed by atoms with Crippen LogP contribution in [0.5, 0.6) is 0 Å². The van der Waals surface area contributed by atoms with E-state index in [-0.39, 0.29) is 0 Å². The van der Waals surface area contributed by atoms with Gasteiger partial charge in [0.1, 0.15) is 5.01 Å². The van der Waals surface area contributed by atoms with Crippen LogP contribution in [0.3, 0.4) is 0 Å². The zero-order valence-corrected chi connectivity index (χ0v) is 11.4. The number of hydrogen-bond donors (Lipinski definition) is 1. The molecule has 0 aliphatic carbocycles. The normalized spacial score (nSPS) is 13.7. The quantitative estimate of drug-likeness (QED) is 0.882. The fraction of sp³-hybridized carbons (Fsp3) is 0.727. The van der Waals surface area contributed by atoms with Gasteiger partial charge in [-0.2, -0.15) is 9.61 Å². The highest BCUT2D eigenvalue weighted by atomic mass is 32.1. The SMILES string of the molecule is CCc1nnc2sc(C(CN)CC(C)C)nn12. The maximum absolute atomic E-state index is 5.84. The van der Waals surface area contributed by atoms with Crippen molar-refractivity contribution in [3.8, 4) is 0 Å². The summed E-state index contributed by atoms with van der Waals surface area (Å²) in [6.45, 7) is 7.12. The molecule has 2 heterocycles. The van der Waals surface area contributed by atoms with E-state index < -0.39 is 0 Å². The van der Waals surface area contributed by atoms with Gasteiger partial charge in [-0.05, 0) is 12.3 Å². The third kappa shape index (κ3) is 2.47. The van der Waals surface area contributed by atoms with Crippen molar-refractivity contribution in [3.63, 3.8) is 0 Å². The van der Waals surface area contributed by atoms with E-state index in [1.807, 2.05) is 4.52 Å². The van der Waals surface area contributed by atoms with Crippen molar-refractivity contribution < 1.29 is 0 Å². The maximum Gasteiger partial charge on any atom is 0.234 e. The summed E-state index contributed by atoms with van der Waals surface area (Å²) < 4.78 is 1.85. The number of nitrogens with zero attached hydrogens (tertiary/aromatic N) is 4. The van der Waals surface area contributed by atoms with Gasteiger partial charge in [-0.1, -0.05) is 32.1 Å². The van der Waals surface area contributed by atoms with Crippen LogP contribution in [0.4, 0.5) is 0 Å². The summed E-state index contributed by atoms with van der Waals surface area (Å²) in [5.74, 6) is 1.89. The predicted molar refractivity (Wildman–Crippen MR) is 69.3 cm³/mol. The molecule has 2 aromatic rings. The molecule has 0 radical (unpaired) electrons. The Morgan fingerprint density at radius 2 is 2.12 bits per heavy atom. The molecule has 0 spiro atoms. The molecule has 0 amide bonds. The van der Waals surface area contributed by atoms with Crippen molar-refractivity contribution in [1.29, 1.82) is 0 Å². The van der Waals surface area contributed by atoms with E-state index in [0.717, 1.165) is 28.6 Å². The van der Waals surface area contributed by atoms with Crippen molar-refractivity contribution in [3.05, 3.63) is 10.8 Å². The highest BCUT2D eigenvalue weighted by Crippen LogP contribution is 2.27. The second-order valence-corrected chi connectivity index (χ2v) is 5.65. The first kappa shape index (κ1) is 12.4. The van der Waals surface area contributed by atoms with Gasteiger partial charge < -0.3 is 5.73 Å². The standard InChI is InChI=1S/C11H19N5S/c1-4-9-13-14-11-16(9)15-10(17-11)8(6-12)5-7(2)3/h7-8H,4-6,12H2,1-3H3. The lowest BCUT2D eigenvalue weighted by atomic mass is 9.98. The molecule has 5 nitrogen and oxygen atoms in total. The van der Waals surface area contributed by atoms with Gasteiger partial charge in [0, 0.05) is 18.9 Å². The van der Waals surface area contributed by atoms with E-state index in [9.17, 15) is 0 Å². The lowest BCUT2D eigenvalue weighted by Gasteiger charge is -2.13. The fourth-order valence-corrected chi connectivity index (χ4v) is 2.91. The van der Waals surface area contributed by atoms with Gasteiger partial charge in [-0.3, -0.25) is 0 Å². The summed E-state index contributed by atoms with van der Waals surface area (Å²) in [6, 6.07) is 0. The highest BCUT2D eigenvalue weighted by molar-refractivity contribution is 7.16. The topological polar surface area (TPSA) is 69.1 Å². The Bertz CT molecular complexity index is 487. The average molecular weight is 253 g/mol. The maximum atomic E-state index is 5.84. The second kappa shape index (κ2) is 5.10. The fourth-order valence-electron chi connectivity index (χ4n) is 1.92. The van der Waals surface area contributed by atoms with Gasteiger partial charge in [-0.25, -0.2) is 0 Å². The Hall–Kier alpha value is -1.01. The Morgan fingerprint density at radius 1 is 1.35 bits per heavy atom. The number of nitrogens with two attached hydrogens (primary N) is 1. The molecule has 1 unspecified atom stereocenters. The lowest BCUT2D eigenvalue weighted by molar-refractivity contribution is 0.499. The molecular formula is C11H19N5S. The monoisotopic (exact) mass is 253 g/mol. The van der Waals surface area contributed by atoms with Crippen molar-refractivity contribution in [2.24, 2.45) is 11.7 Å². The molecule has 0 aromatic carbocycles. The minimum Gasteiger partial charge on any atom is -0.330 e. The first-order valence-electron chi connectivity index (χ1n) is 6.06. The molecule has 2 aromatic heterocycles. The van der Waals surface area contributed by atoms with Crippen LogP contribution in [0.25, 0.3) is 4.96 Å². The number of aryl methyl sites for hydroxylation is 1. The summed E-state index contributed by atoms with van der Waals surface area (Å²) >= 11 is 1.61. The van der Waals surface area contributed by atoms with Crippen LogP contribution in [0, 0.1) is 5.92 Å². The molecule has 0 aliphatic heterocycles. The average Bonchev–Trinajstić information content (AvgIpc) is 2.84. The third-order valence-corrected chi connectivity index (χ3v) is 3.84. The number of fused-ring (bicyclic) bond motifs is 1. The molecule has 0 aliphatic rings. The molecule has 94 valence electrons. The Balaban J connectivity index is 2.31. The van der Waals surface area contributed by atoms with Crippen LogP contribution in [-0.2, 0) is 6.42 Å². The van der Waals surface area contributed by atoms with Crippen molar-refractivity contribution in [2.75, 3.05) is 6.54 Å². The molecule has 6 heteroatoms. The van der Waals surface area contributed by atoms with Gasteiger partial charge >= 0.3 is 0 Å². The number of hydrogen-bond acceptors (Lipinski definition) is 5. The molecule has 0 saturated carbocycles. The van der Waals surface area contributed by atoms with Gasteiger partial charge in [-0.15, -0.1) is 10.2 Å². The largest absolute Gasteiger partial charge is 0.330 e. The van der Waals surface area contributed by atoms with E-state index in [2.05, 4.69) is 36.1 Å². The number of rotatable bonds is 5. The van der Waals surface area contributed by atoms with E-state index in [1.54, 1.807) is 11.3 Å². The van der Waals surface area contributed by atoms with E-state index >= 15 is 0 Å². The Kier molecular flexibility index (Phi) is 3.73. The van der Waals surface area contributed by atoms with E-state index in [4.69, 9.17) is 5.73 Å². The Morgan fingerprint density at radius 3 is 2.71 bits per heavy atom. The van der Waals surface area contributed by atoms with Crippen LogP contribution in [-0.4, -0.2) is 26.4 Å². The summed E-state index contributed by atoms with van der Waals surface area (Å²) in [5, 5.41) is 13.9. The molecule has 0 fully saturated rings. The van der Waals surface area contributed by atoms with Crippen molar-refractivity contribution >= 4 is 16.3 Å². The highest BCUT2D eigenvalue weighted by Gasteiger charge is 2.18. The molecule has 0 bridgehead atoms. The zero-order chi connectivity index (χ0) is 12.4. The minimum atomic E-state index is 0.339. The molecule has 2 rings (SSSR count). The first-order chi connectivity index (χ1) is 8.15. The predicted octanol–water partition coefficient (Wildman–Crippen LogP) is 1.84. The van der Waals surface area contributed by atoms with Gasteiger partial charge in [0.25, 0.3) is 0 Å². The summed E-state index contributed by atoms with van der Waals surface area (Å²) in [4.78, 5) is 0.874. The summed E-state index contributed by atoms with van der Waals surface area (Å²) in [7, 11) is 0. The smallest absolute Gasteiger partial charge is 0.234 e. The lowest BCUT2D eigenvalue weighted by Crippen LogP contribution is -2.15. The molecule has 0 saturated heterocycles. The third-order valence-electron chi connectivity index (χ3n) is 2.78. The molecular weight excluding hydrogens is 234 g/mol. The van der Waals surface area contributed by atoms with E-state index in [0.29, 0.717) is 18.4 Å². The summed E-state index contributed by atoms with van der Waals surface area (Å²) in [5.41, 5.74) is 5.84. The second-order valence-electron chi connectivity index (χ2n) is 4.67. The molecule has 17 heavy (non-hydrogen) atoms. The Labute approximate surface area is 105 Å². The molecule has 1 atom stereocenters. The van der Waals surface area contributed by atoms with Crippen molar-refractivity contribution in [1.82, 2.24) is 19.8 Å². The van der Waals surface area contributed by atoms with Crippen LogP contribution in [0.15, 0.2) is 0 Å². The summed E-state index contributed by atoms with van der Waals surface area (Å²) in [6.07, 6.45) is 1.92. The van der Waals surface area contributed by atoms with E-state index in [1.165, 1.54) is 0 Å². The number of aromatic nitrogens is 4. The van der Waals surface area contributed by atoms with Crippen LogP contribution in [0.2, 0.25) is 0 Å². The van der Waals surface area contributed by atoms with Crippen LogP contribution >= 0.6 is 11.3 Å².